The number of ether oxygens (including phenoxy) is 1. The summed E-state index contributed by atoms with van der Waals surface area (Å²) in [5.41, 5.74) is 1.30. The molecule has 0 unspecified atom stereocenters. The lowest BCUT2D eigenvalue weighted by Gasteiger charge is -2.11. The van der Waals surface area contributed by atoms with Gasteiger partial charge in [0, 0.05) is 18.3 Å². The van der Waals surface area contributed by atoms with Crippen LogP contribution in [0.1, 0.15) is 28.7 Å². The molecule has 1 amide bonds. The lowest BCUT2D eigenvalue weighted by Crippen LogP contribution is -2.24. The van der Waals surface area contributed by atoms with Gasteiger partial charge in [0.1, 0.15) is 5.82 Å². The fourth-order valence-corrected chi connectivity index (χ4v) is 1.93. The average Bonchev–Trinajstić information content (AvgIpc) is 2.54. The van der Waals surface area contributed by atoms with Crippen LogP contribution < -0.4 is 10.1 Å². The fraction of sp³-hybridized carbons (Fsp3) is 0.250. The summed E-state index contributed by atoms with van der Waals surface area (Å²) in [6, 6.07) is 7.37. The summed E-state index contributed by atoms with van der Waals surface area (Å²) in [6.45, 7) is 2.10. The van der Waals surface area contributed by atoms with Crippen LogP contribution in [-0.2, 0) is 13.0 Å². The van der Waals surface area contributed by atoms with E-state index in [1.54, 1.807) is 18.2 Å². The predicted octanol–water partition coefficient (Wildman–Crippen LogP) is 2.43. The second-order valence-electron chi connectivity index (χ2n) is 4.68. The Hall–Kier alpha value is -2.63. The first-order valence-electron chi connectivity index (χ1n) is 6.84. The summed E-state index contributed by atoms with van der Waals surface area (Å²) >= 11 is 0. The number of aromatic nitrogens is 1. The molecule has 2 rings (SSSR count). The zero-order valence-electron chi connectivity index (χ0n) is 12.4. The Labute approximate surface area is 127 Å². The average molecular weight is 304 g/mol. The zero-order chi connectivity index (χ0) is 16.1. The normalized spacial score (nSPS) is 10.3. The highest BCUT2D eigenvalue weighted by Gasteiger charge is 2.18. The number of benzene rings is 1. The van der Waals surface area contributed by atoms with Gasteiger partial charge in [0.15, 0.2) is 17.2 Å². The van der Waals surface area contributed by atoms with E-state index in [0.717, 1.165) is 5.56 Å². The van der Waals surface area contributed by atoms with Crippen LogP contribution in [0, 0.1) is 5.82 Å². The first kappa shape index (κ1) is 15.8. The maximum atomic E-state index is 12.8. The molecule has 1 heterocycles. The number of amides is 1. The first-order chi connectivity index (χ1) is 10.5. The maximum Gasteiger partial charge on any atom is 0.274 e. The molecule has 2 aromatic rings. The van der Waals surface area contributed by atoms with Crippen molar-refractivity contribution in [3.63, 3.8) is 0 Å². The Morgan fingerprint density at radius 1 is 1.36 bits per heavy atom. The number of aromatic hydroxyl groups is 1. The van der Waals surface area contributed by atoms with Crippen LogP contribution in [-0.4, -0.2) is 23.1 Å². The van der Waals surface area contributed by atoms with Gasteiger partial charge in [0.05, 0.1) is 7.11 Å². The number of aryl methyl sites for hydroxylation is 1. The molecule has 0 bridgehead atoms. The van der Waals surface area contributed by atoms with E-state index in [0.29, 0.717) is 12.1 Å². The number of methoxy groups -OCH3 is 1. The topological polar surface area (TPSA) is 71.5 Å². The zero-order valence-corrected chi connectivity index (χ0v) is 12.4. The van der Waals surface area contributed by atoms with Gasteiger partial charge >= 0.3 is 0 Å². The van der Waals surface area contributed by atoms with Crippen LogP contribution in [0.4, 0.5) is 4.39 Å². The van der Waals surface area contributed by atoms with Crippen molar-refractivity contribution in [3.8, 4) is 11.5 Å². The summed E-state index contributed by atoms with van der Waals surface area (Å²) in [5, 5.41) is 12.7. The van der Waals surface area contributed by atoms with Gasteiger partial charge < -0.3 is 15.2 Å². The number of halogens is 1. The third-order valence-corrected chi connectivity index (χ3v) is 3.17. The smallest absolute Gasteiger partial charge is 0.274 e. The molecule has 1 aromatic heterocycles. The van der Waals surface area contributed by atoms with E-state index in [1.165, 1.54) is 19.2 Å². The summed E-state index contributed by atoms with van der Waals surface area (Å²) in [4.78, 5) is 16.3. The Morgan fingerprint density at radius 3 is 2.64 bits per heavy atom. The van der Waals surface area contributed by atoms with Gasteiger partial charge in [-0.1, -0.05) is 19.1 Å². The number of nitrogens with zero attached hydrogens (tertiary/aromatic N) is 1. The van der Waals surface area contributed by atoms with Gasteiger partial charge in [-0.3, -0.25) is 4.79 Å². The molecule has 5 nitrogen and oxygen atoms in total. The third kappa shape index (κ3) is 3.52. The minimum atomic E-state index is -0.518. The Kier molecular flexibility index (Phi) is 4.93. The minimum Gasteiger partial charge on any atom is -0.503 e. The van der Waals surface area contributed by atoms with E-state index < -0.39 is 5.91 Å². The number of hydrogen-bond acceptors (Lipinski definition) is 4. The van der Waals surface area contributed by atoms with Crippen molar-refractivity contribution in [3.05, 3.63) is 53.1 Å². The largest absolute Gasteiger partial charge is 0.503 e. The minimum absolute atomic E-state index is 0.0849. The maximum absolute atomic E-state index is 12.8. The molecule has 0 saturated heterocycles. The first-order valence-corrected chi connectivity index (χ1v) is 6.84. The molecule has 0 spiro atoms. The molecule has 0 radical (unpaired) electrons. The van der Waals surface area contributed by atoms with E-state index in [1.807, 2.05) is 6.92 Å². The molecular weight excluding hydrogens is 287 g/mol. The molecule has 22 heavy (non-hydrogen) atoms. The van der Waals surface area contributed by atoms with Crippen molar-refractivity contribution in [2.45, 2.75) is 19.9 Å². The quantitative estimate of drug-likeness (QED) is 0.890. The summed E-state index contributed by atoms with van der Waals surface area (Å²) in [5.74, 6) is -0.944. The van der Waals surface area contributed by atoms with Crippen LogP contribution in [0.2, 0.25) is 0 Å². The monoisotopic (exact) mass is 304 g/mol. The van der Waals surface area contributed by atoms with Gasteiger partial charge in [-0.25, -0.2) is 9.37 Å². The van der Waals surface area contributed by atoms with Crippen LogP contribution in [0.25, 0.3) is 0 Å². The molecule has 0 aliphatic heterocycles. The van der Waals surface area contributed by atoms with Crippen molar-refractivity contribution in [1.82, 2.24) is 10.3 Å². The molecule has 2 N–H and O–H groups in total. The molecule has 0 aliphatic carbocycles. The number of hydrogen-bond donors (Lipinski definition) is 2. The molecule has 0 atom stereocenters. The molecule has 0 aliphatic rings. The lowest BCUT2D eigenvalue weighted by molar-refractivity contribution is 0.0942. The predicted molar refractivity (Wildman–Crippen MR) is 79.4 cm³/mol. The Morgan fingerprint density at radius 2 is 2.05 bits per heavy atom. The van der Waals surface area contributed by atoms with Gasteiger partial charge in [-0.2, -0.15) is 0 Å². The van der Waals surface area contributed by atoms with Crippen molar-refractivity contribution < 1.29 is 19.0 Å². The molecule has 1 aromatic carbocycles. The number of pyridine rings is 1. The number of carbonyl (C=O) groups is 1. The summed E-state index contributed by atoms with van der Waals surface area (Å²) in [7, 11) is 1.41. The second-order valence-corrected chi connectivity index (χ2v) is 4.68. The third-order valence-electron chi connectivity index (χ3n) is 3.17. The van der Waals surface area contributed by atoms with E-state index in [4.69, 9.17) is 4.74 Å². The van der Waals surface area contributed by atoms with E-state index in [9.17, 15) is 14.3 Å². The molecule has 116 valence electrons. The van der Waals surface area contributed by atoms with E-state index in [2.05, 4.69) is 10.3 Å². The van der Waals surface area contributed by atoms with Crippen molar-refractivity contribution in [2.75, 3.05) is 7.11 Å². The highest BCUT2D eigenvalue weighted by molar-refractivity contribution is 5.95. The van der Waals surface area contributed by atoms with Crippen molar-refractivity contribution >= 4 is 5.91 Å². The van der Waals surface area contributed by atoms with Gasteiger partial charge in [-0.05, 0) is 24.1 Å². The van der Waals surface area contributed by atoms with Crippen LogP contribution in [0.15, 0.2) is 30.3 Å². The highest BCUT2D eigenvalue weighted by atomic mass is 19.1. The second kappa shape index (κ2) is 6.89. The van der Waals surface area contributed by atoms with Gasteiger partial charge in [0.25, 0.3) is 5.91 Å². The van der Waals surface area contributed by atoms with Crippen LogP contribution in [0.3, 0.4) is 0 Å². The molecule has 0 fully saturated rings. The summed E-state index contributed by atoms with van der Waals surface area (Å²) in [6.07, 6.45) is 0.606. The SMILES string of the molecule is CCc1cc(OC)c(O)c(C(=O)NCc2ccc(F)cc2)n1. The highest BCUT2D eigenvalue weighted by Crippen LogP contribution is 2.29. The van der Waals surface area contributed by atoms with E-state index >= 15 is 0 Å². The van der Waals surface area contributed by atoms with Gasteiger partial charge in [-0.15, -0.1) is 0 Å². The number of carbonyl (C=O) groups excluding carboxylic acids is 1. The summed E-state index contributed by atoms with van der Waals surface area (Å²) < 4.78 is 17.9. The fourth-order valence-electron chi connectivity index (χ4n) is 1.93. The van der Waals surface area contributed by atoms with E-state index in [-0.39, 0.29) is 29.6 Å². The van der Waals surface area contributed by atoms with Crippen LogP contribution in [0.5, 0.6) is 11.5 Å². The standard InChI is InChI=1S/C16H17FN2O3/c1-3-12-8-13(22-2)15(20)14(19-12)16(21)18-9-10-4-6-11(17)7-5-10/h4-8,20H,3,9H2,1-2H3,(H,18,21). The Balaban J connectivity index is 2.16. The van der Waals surface area contributed by atoms with Crippen LogP contribution >= 0.6 is 0 Å². The molecule has 0 saturated carbocycles. The molecule has 6 heteroatoms. The van der Waals surface area contributed by atoms with Crippen molar-refractivity contribution in [1.29, 1.82) is 0 Å². The van der Waals surface area contributed by atoms with Crippen molar-refractivity contribution in [2.24, 2.45) is 0 Å². The number of rotatable bonds is 5. The Bertz CT molecular complexity index is 672. The number of nitrogens with one attached hydrogen (secondary N) is 1. The molecular formula is C16H17FN2O3. The van der Waals surface area contributed by atoms with Gasteiger partial charge in [0.2, 0.25) is 0 Å². The lowest BCUT2D eigenvalue weighted by atomic mass is 10.2.